The fourth-order valence-corrected chi connectivity index (χ4v) is 3.08. The van der Waals surface area contributed by atoms with Crippen molar-refractivity contribution in [3.05, 3.63) is 35.4 Å². The summed E-state index contributed by atoms with van der Waals surface area (Å²) < 4.78 is 0. The lowest BCUT2D eigenvalue weighted by Gasteiger charge is -2.39. The van der Waals surface area contributed by atoms with Crippen LogP contribution in [0, 0.1) is 0 Å². The molecule has 0 unspecified atom stereocenters. The van der Waals surface area contributed by atoms with Crippen LogP contribution in [0.2, 0.25) is 0 Å². The smallest absolute Gasteiger partial charge is 0.253 e. The van der Waals surface area contributed by atoms with Crippen molar-refractivity contribution in [2.75, 3.05) is 33.3 Å². The minimum atomic E-state index is -0.699. The molecule has 134 valence electrons. The number of hydrogen-bond donors (Lipinski definition) is 2. The number of hydrogen-bond acceptors (Lipinski definition) is 4. The maximum Gasteiger partial charge on any atom is 0.253 e. The van der Waals surface area contributed by atoms with E-state index in [0.717, 1.165) is 18.5 Å². The molecule has 0 bridgehead atoms. The molecule has 0 spiro atoms. The Bertz CT molecular complexity index is 554. The van der Waals surface area contributed by atoms with Gasteiger partial charge < -0.3 is 15.1 Å². The van der Waals surface area contributed by atoms with Crippen LogP contribution in [0.25, 0.3) is 0 Å². The molecule has 1 aromatic carbocycles. The summed E-state index contributed by atoms with van der Waals surface area (Å²) in [6.45, 7) is 5.94. The average molecular weight is 334 g/mol. The number of nitrogens with zero attached hydrogens (tertiary/aromatic N) is 2. The predicted molar refractivity (Wildman–Crippen MR) is 95.1 cm³/mol. The highest BCUT2D eigenvalue weighted by molar-refractivity contribution is 5.94. The van der Waals surface area contributed by atoms with Crippen LogP contribution in [-0.4, -0.2) is 70.9 Å². The van der Waals surface area contributed by atoms with E-state index in [2.05, 4.69) is 4.90 Å². The zero-order valence-electron chi connectivity index (χ0n) is 15.0. The normalized spacial score (nSPS) is 19.5. The van der Waals surface area contributed by atoms with Crippen molar-refractivity contribution in [2.45, 2.75) is 44.8 Å². The van der Waals surface area contributed by atoms with Crippen LogP contribution in [0.15, 0.2) is 24.3 Å². The Balaban J connectivity index is 2.04. The van der Waals surface area contributed by atoms with Crippen molar-refractivity contribution in [1.29, 1.82) is 0 Å². The molecular weight excluding hydrogens is 304 g/mol. The quantitative estimate of drug-likeness (QED) is 0.828. The van der Waals surface area contributed by atoms with Crippen LogP contribution in [0.4, 0.5) is 0 Å². The Morgan fingerprint density at radius 1 is 1.33 bits per heavy atom. The van der Waals surface area contributed by atoms with Crippen molar-refractivity contribution in [3.8, 4) is 0 Å². The molecule has 1 amide bonds. The number of aliphatic hydroxyl groups is 2. The lowest BCUT2D eigenvalue weighted by Crippen LogP contribution is -2.53. The first-order valence-electron chi connectivity index (χ1n) is 8.72. The first kappa shape index (κ1) is 18.9. The van der Waals surface area contributed by atoms with Gasteiger partial charge in [0, 0.05) is 37.8 Å². The third kappa shape index (κ3) is 5.30. The largest absolute Gasteiger partial charge is 0.396 e. The van der Waals surface area contributed by atoms with Crippen LogP contribution in [0.3, 0.4) is 0 Å². The van der Waals surface area contributed by atoms with Gasteiger partial charge in [-0.1, -0.05) is 12.1 Å². The summed E-state index contributed by atoms with van der Waals surface area (Å²) in [6.07, 6.45) is 2.10. The Morgan fingerprint density at radius 2 is 2.08 bits per heavy atom. The van der Waals surface area contributed by atoms with E-state index in [0.29, 0.717) is 31.5 Å². The van der Waals surface area contributed by atoms with Crippen LogP contribution >= 0.6 is 0 Å². The van der Waals surface area contributed by atoms with Gasteiger partial charge in [0.15, 0.2) is 0 Å². The van der Waals surface area contributed by atoms with Crippen LogP contribution in [-0.2, 0) is 6.42 Å². The Labute approximate surface area is 144 Å². The summed E-state index contributed by atoms with van der Waals surface area (Å²) in [5, 5.41) is 19.1. The van der Waals surface area contributed by atoms with Gasteiger partial charge in [-0.25, -0.2) is 0 Å². The van der Waals surface area contributed by atoms with E-state index in [1.54, 1.807) is 13.8 Å². The standard InChI is InChI=1S/C19H30N2O3/c1-19(2,24)9-7-15-5-4-6-16(13-15)18(23)21-11-10-20(3)17(14-21)8-12-22/h4-6,13,17,22,24H,7-12,14H2,1-3H3/t17-/m0/s1. The molecular formula is C19H30N2O3. The van der Waals surface area contributed by atoms with Gasteiger partial charge in [-0.15, -0.1) is 0 Å². The van der Waals surface area contributed by atoms with Crippen molar-refractivity contribution >= 4 is 5.91 Å². The van der Waals surface area contributed by atoms with Gasteiger partial charge in [-0.3, -0.25) is 9.69 Å². The van der Waals surface area contributed by atoms with Crippen LogP contribution in [0.1, 0.15) is 42.6 Å². The predicted octanol–water partition coefficient (Wildman–Crippen LogP) is 1.53. The number of amides is 1. The van der Waals surface area contributed by atoms with Gasteiger partial charge in [0.25, 0.3) is 5.91 Å². The molecule has 1 heterocycles. The second-order valence-corrected chi connectivity index (χ2v) is 7.41. The maximum absolute atomic E-state index is 12.8. The van der Waals surface area contributed by atoms with Crippen molar-refractivity contribution in [1.82, 2.24) is 9.80 Å². The van der Waals surface area contributed by atoms with Gasteiger partial charge in [-0.05, 0) is 57.9 Å². The second-order valence-electron chi connectivity index (χ2n) is 7.41. The number of aryl methyl sites for hydroxylation is 1. The molecule has 2 N–H and O–H groups in total. The second kappa shape index (κ2) is 8.10. The first-order chi connectivity index (χ1) is 11.3. The number of rotatable bonds is 6. The van der Waals surface area contributed by atoms with Crippen molar-refractivity contribution in [2.24, 2.45) is 0 Å². The van der Waals surface area contributed by atoms with E-state index in [-0.39, 0.29) is 18.6 Å². The molecule has 1 saturated heterocycles. The number of likely N-dealkylation sites (N-methyl/N-ethyl adjacent to an activating group) is 1. The third-order valence-electron chi connectivity index (χ3n) is 4.73. The molecule has 1 aromatic rings. The Hall–Kier alpha value is -1.43. The summed E-state index contributed by atoms with van der Waals surface area (Å²) in [5.41, 5.74) is 1.08. The molecule has 1 aliphatic rings. The molecule has 0 aliphatic carbocycles. The zero-order valence-corrected chi connectivity index (χ0v) is 15.0. The molecule has 5 heteroatoms. The molecule has 2 rings (SSSR count). The van der Waals surface area contributed by atoms with Crippen molar-refractivity contribution < 1.29 is 15.0 Å². The van der Waals surface area contributed by atoms with Crippen LogP contribution in [0.5, 0.6) is 0 Å². The summed E-state index contributed by atoms with van der Waals surface area (Å²) in [7, 11) is 2.04. The molecule has 0 aromatic heterocycles. The van der Waals surface area contributed by atoms with Gasteiger partial charge in [0.2, 0.25) is 0 Å². The highest BCUT2D eigenvalue weighted by Crippen LogP contribution is 2.17. The first-order valence-corrected chi connectivity index (χ1v) is 8.72. The lowest BCUT2D eigenvalue weighted by atomic mass is 9.97. The van der Waals surface area contributed by atoms with Gasteiger partial charge in [0.05, 0.1) is 5.60 Å². The van der Waals surface area contributed by atoms with E-state index in [1.807, 2.05) is 36.2 Å². The number of carbonyl (C=O) groups excluding carboxylic acids is 1. The average Bonchev–Trinajstić information content (AvgIpc) is 2.54. The minimum Gasteiger partial charge on any atom is -0.396 e. The van der Waals surface area contributed by atoms with E-state index < -0.39 is 5.60 Å². The molecule has 1 aliphatic heterocycles. The zero-order chi connectivity index (χ0) is 17.7. The third-order valence-corrected chi connectivity index (χ3v) is 4.73. The van der Waals surface area contributed by atoms with Gasteiger partial charge in [0.1, 0.15) is 0 Å². The van der Waals surface area contributed by atoms with Crippen molar-refractivity contribution in [3.63, 3.8) is 0 Å². The van der Waals surface area contributed by atoms with E-state index in [9.17, 15) is 15.0 Å². The fourth-order valence-electron chi connectivity index (χ4n) is 3.08. The minimum absolute atomic E-state index is 0.0520. The number of benzene rings is 1. The Kier molecular flexibility index (Phi) is 6.38. The van der Waals surface area contributed by atoms with E-state index in [1.165, 1.54) is 0 Å². The molecule has 0 radical (unpaired) electrons. The number of aliphatic hydroxyl groups excluding tert-OH is 1. The summed E-state index contributed by atoms with van der Waals surface area (Å²) in [5.74, 6) is 0.0520. The molecule has 0 saturated carbocycles. The lowest BCUT2D eigenvalue weighted by molar-refractivity contribution is 0.0500. The SMILES string of the molecule is CN1CCN(C(=O)c2cccc(CCC(C)(C)O)c2)C[C@@H]1CCO. The summed E-state index contributed by atoms with van der Waals surface area (Å²) in [4.78, 5) is 16.9. The van der Waals surface area contributed by atoms with Gasteiger partial charge >= 0.3 is 0 Å². The summed E-state index contributed by atoms with van der Waals surface area (Å²) >= 11 is 0. The summed E-state index contributed by atoms with van der Waals surface area (Å²) in [6, 6.07) is 7.92. The Morgan fingerprint density at radius 3 is 2.75 bits per heavy atom. The highest BCUT2D eigenvalue weighted by Gasteiger charge is 2.27. The highest BCUT2D eigenvalue weighted by atomic mass is 16.3. The van der Waals surface area contributed by atoms with E-state index in [4.69, 9.17) is 0 Å². The maximum atomic E-state index is 12.8. The fraction of sp³-hybridized carbons (Fsp3) is 0.632. The molecule has 24 heavy (non-hydrogen) atoms. The monoisotopic (exact) mass is 334 g/mol. The topological polar surface area (TPSA) is 64.0 Å². The van der Waals surface area contributed by atoms with Crippen LogP contribution < -0.4 is 0 Å². The van der Waals surface area contributed by atoms with E-state index >= 15 is 0 Å². The van der Waals surface area contributed by atoms with Gasteiger partial charge in [-0.2, -0.15) is 0 Å². The molecule has 1 atom stereocenters. The number of carbonyl (C=O) groups is 1. The molecule has 5 nitrogen and oxygen atoms in total. The number of piperazine rings is 1. The molecule has 1 fully saturated rings.